The molecule has 0 unspecified atom stereocenters. The Bertz CT molecular complexity index is 1240. The number of aromatic nitrogens is 1. The van der Waals surface area contributed by atoms with E-state index in [4.69, 9.17) is 27.8 Å². The summed E-state index contributed by atoms with van der Waals surface area (Å²) in [5.74, 6) is 1.82. The Kier molecular flexibility index (Phi) is 15.5. The van der Waals surface area contributed by atoms with Crippen LogP contribution in [0.1, 0.15) is 62.4 Å². The lowest BCUT2D eigenvalue weighted by atomic mass is 10.1. The zero-order valence-corrected chi connectivity index (χ0v) is 26.7. The predicted octanol–water partition coefficient (Wildman–Crippen LogP) is 8.99. The molecule has 0 saturated heterocycles. The number of hydrogen-bond acceptors (Lipinski definition) is 5. The molecule has 2 aromatic carbocycles. The molecule has 0 aliphatic heterocycles. The van der Waals surface area contributed by atoms with E-state index in [1.54, 1.807) is 6.20 Å². The lowest BCUT2D eigenvalue weighted by molar-refractivity contribution is 0.478. The smallest absolute Gasteiger partial charge is 0.150 e. The first-order valence-electron chi connectivity index (χ1n) is 13.1. The molecule has 3 rings (SSSR count). The molecule has 3 aromatic rings. The van der Waals surface area contributed by atoms with Crippen molar-refractivity contribution in [3.63, 3.8) is 0 Å². The van der Waals surface area contributed by atoms with E-state index in [9.17, 15) is 0 Å². The predicted molar refractivity (Wildman–Crippen MR) is 173 cm³/mol. The van der Waals surface area contributed by atoms with E-state index < -0.39 is 0 Å². The lowest BCUT2D eigenvalue weighted by Crippen LogP contribution is -2.16. The van der Waals surface area contributed by atoms with Gasteiger partial charge in [-0.2, -0.15) is 0 Å². The van der Waals surface area contributed by atoms with Crippen molar-refractivity contribution in [2.45, 2.75) is 60.8 Å². The van der Waals surface area contributed by atoms with Crippen LogP contribution in [0.4, 0.5) is 11.4 Å². The van der Waals surface area contributed by atoms with Crippen LogP contribution in [-0.2, 0) is 0 Å². The van der Waals surface area contributed by atoms with Gasteiger partial charge >= 0.3 is 0 Å². The number of benzene rings is 2. The van der Waals surface area contributed by atoms with E-state index in [2.05, 4.69) is 53.3 Å². The van der Waals surface area contributed by atoms with Crippen LogP contribution in [0.2, 0.25) is 5.15 Å². The highest BCUT2D eigenvalue weighted by Gasteiger charge is 2.11. The van der Waals surface area contributed by atoms with Gasteiger partial charge in [0.1, 0.15) is 28.2 Å². The second-order valence-corrected chi connectivity index (χ2v) is 10.2. The summed E-state index contributed by atoms with van der Waals surface area (Å²) in [7, 11) is 1.96. The van der Waals surface area contributed by atoms with E-state index in [0.717, 1.165) is 51.3 Å². The maximum atomic E-state index is 6.20. The summed E-state index contributed by atoms with van der Waals surface area (Å²) in [5.41, 5.74) is 16.5. The molecule has 8 heteroatoms. The van der Waals surface area contributed by atoms with Gasteiger partial charge in [0.15, 0.2) is 0 Å². The van der Waals surface area contributed by atoms with Gasteiger partial charge in [0.05, 0.1) is 10.2 Å². The average molecular weight is 617 g/mol. The highest BCUT2D eigenvalue weighted by atomic mass is 79.9. The van der Waals surface area contributed by atoms with Gasteiger partial charge in [0, 0.05) is 12.7 Å². The van der Waals surface area contributed by atoms with Crippen LogP contribution >= 0.6 is 27.5 Å². The molecule has 0 radical (unpaired) electrons. The maximum absolute atomic E-state index is 6.20. The van der Waals surface area contributed by atoms with E-state index >= 15 is 0 Å². The Morgan fingerprint density at radius 1 is 1.03 bits per heavy atom. The van der Waals surface area contributed by atoms with Gasteiger partial charge in [-0.1, -0.05) is 51.8 Å². The molecular weight excluding hydrogens is 574 g/mol. The number of hydrogen-bond donors (Lipinski definition) is 2. The lowest BCUT2D eigenvalue weighted by Gasteiger charge is -2.17. The van der Waals surface area contributed by atoms with Crippen molar-refractivity contribution in [3.05, 3.63) is 87.3 Å². The first-order chi connectivity index (χ1) is 18.5. The molecule has 1 aromatic heterocycles. The van der Waals surface area contributed by atoms with E-state index in [-0.39, 0.29) is 0 Å². The van der Waals surface area contributed by atoms with Gasteiger partial charge in [0.2, 0.25) is 0 Å². The third kappa shape index (κ3) is 11.0. The molecule has 1 heterocycles. The van der Waals surface area contributed by atoms with Crippen molar-refractivity contribution in [2.24, 2.45) is 16.5 Å². The fourth-order valence-electron chi connectivity index (χ4n) is 3.14. The number of aliphatic imine (C=N–C) groups is 1. The van der Waals surface area contributed by atoms with Crippen molar-refractivity contribution in [2.75, 3.05) is 18.5 Å². The molecule has 0 saturated carbocycles. The molecule has 0 fully saturated rings. The highest BCUT2D eigenvalue weighted by molar-refractivity contribution is 9.10. The molecule has 4 N–H and O–H groups in total. The van der Waals surface area contributed by atoms with Gasteiger partial charge in [0.25, 0.3) is 0 Å². The molecule has 0 aliphatic rings. The van der Waals surface area contributed by atoms with Gasteiger partial charge in [-0.15, -0.1) is 0 Å². The van der Waals surface area contributed by atoms with Crippen LogP contribution in [0.15, 0.2) is 64.7 Å². The Hall–Kier alpha value is -2.87. The van der Waals surface area contributed by atoms with Gasteiger partial charge in [-0.3, -0.25) is 0 Å². The SMILES string of the molecule is C=CN(C)c1ccc(Oc2ccc(N=C(N)c3nc(Cl)c(Br)cc3C)cc2C)cc1C.CCCC.CCCN. The minimum absolute atomic E-state index is 0.303. The fourth-order valence-corrected chi connectivity index (χ4v) is 3.71. The summed E-state index contributed by atoms with van der Waals surface area (Å²) in [4.78, 5) is 10.8. The van der Waals surface area contributed by atoms with Crippen LogP contribution in [-0.4, -0.2) is 24.4 Å². The molecule has 0 spiro atoms. The summed E-state index contributed by atoms with van der Waals surface area (Å²) < 4.78 is 6.81. The quantitative estimate of drug-likeness (QED) is 0.150. The number of nitrogens with zero attached hydrogens (tertiary/aromatic N) is 3. The molecule has 0 aliphatic carbocycles. The zero-order valence-electron chi connectivity index (χ0n) is 24.3. The third-order valence-corrected chi connectivity index (χ3v) is 6.73. The number of amidine groups is 1. The summed E-state index contributed by atoms with van der Waals surface area (Å²) >= 11 is 9.47. The molecule has 39 heavy (non-hydrogen) atoms. The number of unbranched alkanes of at least 4 members (excludes halogenated alkanes) is 1. The zero-order chi connectivity index (χ0) is 29.5. The third-order valence-electron chi connectivity index (χ3n) is 5.61. The average Bonchev–Trinajstić information content (AvgIpc) is 2.92. The molecule has 212 valence electrons. The van der Waals surface area contributed by atoms with Crippen LogP contribution in [0, 0.1) is 20.8 Å². The number of halogens is 2. The number of ether oxygens (including phenoxy) is 1. The second-order valence-electron chi connectivity index (χ2n) is 9.01. The van der Waals surface area contributed by atoms with Gasteiger partial charge in [-0.05, 0) is 115 Å². The maximum Gasteiger partial charge on any atom is 0.150 e. The van der Waals surface area contributed by atoms with Crippen LogP contribution in [0.5, 0.6) is 11.5 Å². The van der Waals surface area contributed by atoms with Crippen LogP contribution < -0.4 is 21.1 Å². The summed E-state index contributed by atoms with van der Waals surface area (Å²) in [6, 6.07) is 13.5. The van der Waals surface area contributed by atoms with Crippen LogP contribution in [0.3, 0.4) is 0 Å². The van der Waals surface area contributed by atoms with Crippen molar-refractivity contribution >= 4 is 44.7 Å². The highest BCUT2D eigenvalue weighted by Crippen LogP contribution is 2.31. The summed E-state index contributed by atoms with van der Waals surface area (Å²) in [5, 5.41) is 0.347. The molecule has 0 atom stereocenters. The number of aryl methyl sites for hydroxylation is 3. The number of anilines is 1. The molecule has 0 bridgehead atoms. The van der Waals surface area contributed by atoms with E-state index in [1.807, 2.05) is 75.2 Å². The van der Waals surface area contributed by atoms with Gasteiger partial charge < -0.3 is 21.1 Å². The number of rotatable bonds is 8. The van der Waals surface area contributed by atoms with Crippen molar-refractivity contribution in [1.29, 1.82) is 0 Å². The first kappa shape index (κ1) is 34.2. The number of nitrogens with two attached hydrogens (primary N) is 2. The Morgan fingerprint density at radius 2 is 1.67 bits per heavy atom. The van der Waals surface area contributed by atoms with E-state index in [0.29, 0.717) is 22.4 Å². The molecule has 6 nitrogen and oxygen atoms in total. The Morgan fingerprint density at radius 3 is 2.18 bits per heavy atom. The minimum Gasteiger partial charge on any atom is -0.457 e. The summed E-state index contributed by atoms with van der Waals surface area (Å²) in [6.07, 6.45) is 5.51. The number of pyridine rings is 1. The summed E-state index contributed by atoms with van der Waals surface area (Å²) in [6.45, 7) is 17.0. The second kappa shape index (κ2) is 17.7. The van der Waals surface area contributed by atoms with Crippen molar-refractivity contribution in [3.8, 4) is 11.5 Å². The molecular formula is C31H43BrClN5O. The standard InChI is InChI=1S/C24H24BrClN4O.C4H10.C3H9N/c1-6-30(5)20-9-8-18(12-14(20)2)31-21-10-7-17(11-15(21)3)28-24(27)22-16(4)13-19(25)23(26)29-22;1-3-4-2;1-2-3-4/h6-13H,1H2,2-5H3,(H2,27,28);3-4H2,1-2H3;2-4H2,1H3. The minimum atomic E-state index is 0.303. The largest absolute Gasteiger partial charge is 0.457 e. The topological polar surface area (TPSA) is 89.8 Å². The van der Waals surface area contributed by atoms with Crippen molar-refractivity contribution in [1.82, 2.24) is 4.98 Å². The molecule has 0 amide bonds. The first-order valence-corrected chi connectivity index (χ1v) is 14.3. The van der Waals surface area contributed by atoms with Crippen molar-refractivity contribution < 1.29 is 4.74 Å². The fraction of sp³-hybridized carbons (Fsp3) is 0.355. The normalized spacial score (nSPS) is 10.6. The van der Waals surface area contributed by atoms with Gasteiger partial charge in [-0.25, -0.2) is 9.98 Å². The monoisotopic (exact) mass is 615 g/mol. The Balaban J connectivity index is 0.000000838. The Labute approximate surface area is 248 Å². The van der Waals surface area contributed by atoms with Crippen LogP contribution in [0.25, 0.3) is 0 Å². The van der Waals surface area contributed by atoms with E-state index in [1.165, 1.54) is 12.8 Å².